The highest BCUT2D eigenvalue weighted by atomic mass is 16.1. The Kier molecular flexibility index (Phi) is 5.86. The van der Waals surface area contributed by atoms with Crippen LogP contribution in [0.25, 0.3) is 0 Å². The summed E-state index contributed by atoms with van der Waals surface area (Å²) >= 11 is 0. The molecule has 0 aliphatic rings. The summed E-state index contributed by atoms with van der Waals surface area (Å²) in [4.78, 5) is 11.6. The van der Waals surface area contributed by atoms with E-state index < -0.39 is 0 Å². The Morgan fingerprint density at radius 2 is 1.78 bits per heavy atom. The third kappa shape index (κ3) is 7.07. The summed E-state index contributed by atoms with van der Waals surface area (Å²) < 4.78 is 0. The Balaban J connectivity index is 2.11. The van der Waals surface area contributed by atoms with Crippen molar-refractivity contribution in [3.63, 3.8) is 0 Å². The number of carbonyl (C=O) groups is 1. The van der Waals surface area contributed by atoms with E-state index in [4.69, 9.17) is 0 Å². The van der Waals surface area contributed by atoms with E-state index in [1.807, 2.05) is 30.3 Å². The number of nitrogens with one attached hydrogen (secondary N) is 2. The van der Waals surface area contributed by atoms with Gasteiger partial charge < -0.3 is 10.6 Å². The second-order valence-electron chi connectivity index (χ2n) is 5.72. The highest BCUT2D eigenvalue weighted by Crippen LogP contribution is 2.16. The van der Waals surface area contributed by atoms with Gasteiger partial charge in [-0.3, -0.25) is 4.79 Å². The van der Waals surface area contributed by atoms with Crippen molar-refractivity contribution >= 4 is 11.6 Å². The summed E-state index contributed by atoms with van der Waals surface area (Å²) in [5.74, 6) is 0.0597. The fraction of sp³-hybridized carbons (Fsp3) is 0.533. The fourth-order valence-corrected chi connectivity index (χ4v) is 1.54. The molecule has 100 valence electrons. The first-order chi connectivity index (χ1) is 8.47. The van der Waals surface area contributed by atoms with Gasteiger partial charge in [0.15, 0.2) is 0 Å². The van der Waals surface area contributed by atoms with Gasteiger partial charge in [-0.2, -0.15) is 0 Å². The summed E-state index contributed by atoms with van der Waals surface area (Å²) in [6, 6.07) is 9.55. The van der Waals surface area contributed by atoms with Crippen molar-refractivity contribution in [2.75, 3.05) is 18.4 Å². The van der Waals surface area contributed by atoms with E-state index in [9.17, 15) is 4.79 Å². The van der Waals surface area contributed by atoms with Crippen LogP contribution in [0.4, 0.5) is 5.69 Å². The number of amides is 1. The minimum atomic E-state index is 0.0597. The molecule has 2 N–H and O–H groups in total. The summed E-state index contributed by atoms with van der Waals surface area (Å²) in [7, 11) is 0. The van der Waals surface area contributed by atoms with E-state index in [-0.39, 0.29) is 5.91 Å². The predicted molar refractivity (Wildman–Crippen MR) is 76.6 cm³/mol. The monoisotopic (exact) mass is 248 g/mol. The second kappa shape index (κ2) is 7.17. The van der Waals surface area contributed by atoms with E-state index in [2.05, 4.69) is 31.4 Å². The minimum absolute atomic E-state index is 0.0597. The van der Waals surface area contributed by atoms with Crippen molar-refractivity contribution in [3.8, 4) is 0 Å². The van der Waals surface area contributed by atoms with Crippen molar-refractivity contribution in [3.05, 3.63) is 30.3 Å². The third-order valence-corrected chi connectivity index (χ3v) is 2.64. The molecule has 0 spiro atoms. The van der Waals surface area contributed by atoms with E-state index in [0.717, 1.165) is 25.2 Å². The molecule has 0 aliphatic carbocycles. The molecule has 3 nitrogen and oxygen atoms in total. The molecule has 0 fully saturated rings. The average molecular weight is 248 g/mol. The van der Waals surface area contributed by atoms with Crippen LogP contribution in [0.15, 0.2) is 30.3 Å². The van der Waals surface area contributed by atoms with Gasteiger partial charge in [-0.15, -0.1) is 0 Å². The minimum Gasteiger partial charge on any atom is -0.326 e. The molecular formula is C15H24N2O. The lowest BCUT2D eigenvalue weighted by Gasteiger charge is -2.17. The summed E-state index contributed by atoms with van der Waals surface area (Å²) in [5, 5.41) is 6.17. The SMILES string of the molecule is CC(C)(C)CCNCCC(=O)Nc1ccccc1. The van der Waals surface area contributed by atoms with Crippen LogP contribution in [0.3, 0.4) is 0 Å². The van der Waals surface area contributed by atoms with Crippen LogP contribution in [-0.4, -0.2) is 19.0 Å². The summed E-state index contributed by atoms with van der Waals surface area (Å²) in [5.41, 5.74) is 1.21. The highest BCUT2D eigenvalue weighted by molar-refractivity contribution is 5.90. The Bertz CT molecular complexity index is 355. The normalized spacial score (nSPS) is 11.3. The first-order valence-electron chi connectivity index (χ1n) is 6.53. The van der Waals surface area contributed by atoms with Crippen molar-refractivity contribution in [1.82, 2.24) is 5.32 Å². The van der Waals surface area contributed by atoms with Crippen LogP contribution in [-0.2, 0) is 4.79 Å². The number of benzene rings is 1. The van der Waals surface area contributed by atoms with Crippen molar-refractivity contribution in [2.24, 2.45) is 5.41 Å². The van der Waals surface area contributed by atoms with Crippen LogP contribution in [0.1, 0.15) is 33.6 Å². The van der Waals surface area contributed by atoms with Gasteiger partial charge in [0, 0.05) is 18.7 Å². The number of anilines is 1. The molecular weight excluding hydrogens is 224 g/mol. The first kappa shape index (κ1) is 14.7. The molecule has 0 aromatic heterocycles. The average Bonchev–Trinajstić information content (AvgIpc) is 2.28. The van der Waals surface area contributed by atoms with Gasteiger partial charge in [0.25, 0.3) is 0 Å². The lowest BCUT2D eigenvalue weighted by molar-refractivity contribution is -0.116. The molecule has 1 aromatic rings. The number of para-hydroxylation sites is 1. The molecule has 0 heterocycles. The lowest BCUT2D eigenvalue weighted by Crippen LogP contribution is -2.25. The van der Waals surface area contributed by atoms with Gasteiger partial charge in [0.1, 0.15) is 0 Å². The zero-order valence-electron chi connectivity index (χ0n) is 11.6. The Hall–Kier alpha value is -1.35. The first-order valence-corrected chi connectivity index (χ1v) is 6.53. The van der Waals surface area contributed by atoms with Crippen molar-refractivity contribution in [1.29, 1.82) is 0 Å². The molecule has 0 bridgehead atoms. The third-order valence-electron chi connectivity index (χ3n) is 2.64. The lowest BCUT2D eigenvalue weighted by atomic mass is 9.92. The molecule has 0 saturated heterocycles. The quantitative estimate of drug-likeness (QED) is 0.760. The topological polar surface area (TPSA) is 41.1 Å². The van der Waals surface area contributed by atoms with Gasteiger partial charge in [-0.25, -0.2) is 0 Å². The van der Waals surface area contributed by atoms with E-state index in [1.165, 1.54) is 0 Å². The molecule has 1 rings (SSSR count). The molecule has 0 atom stereocenters. The highest BCUT2D eigenvalue weighted by Gasteiger charge is 2.09. The van der Waals surface area contributed by atoms with E-state index in [1.54, 1.807) is 0 Å². The molecule has 3 heteroatoms. The Morgan fingerprint density at radius 1 is 1.11 bits per heavy atom. The fourth-order valence-electron chi connectivity index (χ4n) is 1.54. The number of hydrogen-bond donors (Lipinski definition) is 2. The molecule has 0 saturated carbocycles. The predicted octanol–water partition coefficient (Wildman–Crippen LogP) is 3.04. The number of hydrogen-bond acceptors (Lipinski definition) is 2. The maximum Gasteiger partial charge on any atom is 0.225 e. The van der Waals surface area contributed by atoms with E-state index >= 15 is 0 Å². The largest absolute Gasteiger partial charge is 0.326 e. The van der Waals surface area contributed by atoms with Crippen LogP contribution < -0.4 is 10.6 Å². The Labute approximate surface area is 110 Å². The van der Waals surface area contributed by atoms with Crippen molar-refractivity contribution < 1.29 is 4.79 Å². The van der Waals surface area contributed by atoms with Gasteiger partial charge >= 0.3 is 0 Å². The van der Waals surface area contributed by atoms with Gasteiger partial charge in [-0.1, -0.05) is 39.0 Å². The maximum absolute atomic E-state index is 11.6. The molecule has 0 radical (unpaired) electrons. The molecule has 1 amide bonds. The Morgan fingerprint density at radius 3 is 2.39 bits per heavy atom. The molecule has 1 aromatic carbocycles. The number of rotatable bonds is 6. The molecule has 0 aliphatic heterocycles. The van der Waals surface area contributed by atoms with E-state index in [0.29, 0.717) is 11.8 Å². The zero-order valence-corrected chi connectivity index (χ0v) is 11.6. The second-order valence-corrected chi connectivity index (χ2v) is 5.72. The zero-order chi connectivity index (χ0) is 13.4. The van der Waals surface area contributed by atoms with Crippen LogP contribution in [0, 0.1) is 5.41 Å². The van der Waals surface area contributed by atoms with Crippen LogP contribution >= 0.6 is 0 Å². The molecule has 18 heavy (non-hydrogen) atoms. The van der Waals surface area contributed by atoms with Gasteiger partial charge in [-0.05, 0) is 30.5 Å². The van der Waals surface area contributed by atoms with Crippen LogP contribution in [0.2, 0.25) is 0 Å². The molecule has 0 unspecified atom stereocenters. The van der Waals surface area contributed by atoms with Gasteiger partial charge in [0.05, 0.1) is 0 Å². The number of carbonyl (C=O) groups excluding carboxylic acids is 1. The smallest absolute Gasteiger partial charge is 0.225 e. The van der Waals surface area contributed by atoms with Crippen LogP contribution in [0.5, 0.6) is 0 Å². The maximum atomic E-state index is 11.6. The summed E-state index contributed by atoms with van der Waals surface area (Å²) in [6.45, 7) is 8.35. The van der Waals surface area contributed by atoms with Crippen molar-refractivity contribution in [2.45, 2.75) is 33.6 Å². The standard InChI is InChI=1S/C15H24N2O/c1-15(2,3)10-12-16-11-9-14(18)17-13-7-5-4-6-8-13/h4-8,16H,9-12H2,1-3H3,(H,17,18). The van der Waals surface area contributed by atoms with Gasteiger partial charge in [0.2, 0.25) is 5.91 Å². The summed E-state index contributed by atoms with van der Waals surface area (Å²) in [6.07, 6.45) is 1.63.